The standard InChI is InChI=1S/C16H23N3/c1-12(2)19-14-8-4-3-7-13(14)18-15(19)11-16(17)9-5-6-10-16/h3-4,7-8,12H,5-6,9-11,17H2,1-2H3. The van der Waals surface area contributed by atoms with E-state index in [9.17, 15) is 0 Å². The van der Waals surface area contributed by atoms with Gasteiger partial charge in [0.05, 0.1) is 11.0 Å². The molecule has 0 unspecified atom stereocenters. The minimum atomic E-state index is -0.0337. The molecule has 3 rings (SSSR count). The minimum absolute atomic E-state index is 0.0337. The first-order valence-electron chi connectivity index (χ1n) is 7.34. The van der Waals surface area contributed by atoms with Crippen LogP contribution in [0.2, 0.25) is 0 Å². The second-order valence-electron chi connectivity index (χ2n) is 6.23. The van der Waals surface area contributed by atoms with Crippen molar-refractivity contribution in [2.45, 2.75) is 57.5 Å². The van der Waals surface area contributed by atoms with Gasteiger partial charge in [0, 0.05) is 18.0 Å². The molecule has 2 N–H and O–H groups in total. The second kappa shape index (κ2) is 4.64. The van der Waals surface area contributed by atoms with E-state index < -0.39 is 0 Å². The molecular weight excluding hydrogens is 234 g/mol. The summed E-state index contributed by atoms with van der Waals surface area (Å²) < 4.78 is 2.35. The molecule has 3 heteroatoms. The topological polar surface area (TPSA) is 43.8 Å². The van der Waals surface area contributed by atoms with Gasteiger partial charge in [0.1, 0.15) is 5.82 Å². The molecule has 1 saturated carbocycles. The quantitative estimate of drug-likeness (QED) is 0.915. The number of hydrogen-bond acceptors (Lipinski definition) is 2. The molecule has 1 aliphatic rings. The van der Waals surface area contributed by atoms with Crippen LogP contribution in [-0.2, 0) is 6.42 Å². The lowest BCUT2D eigenvalue weighted by Gasteiger charge is -2.24. The maximum absolute atomic E-state index is 6.53. The van der Waals surface area contributed by atoms with Crippen molar-refractivity contribution in [2.24, 2.45) is 5.73 Å². The van der Waals surface area contributed by atoms with Gasteiger partial charge < -0.3 is 10.3 Å². The highest BCUT2D eigenvalue weighted by atomic mass is 15.1. The van der Waals surface area contributed by atoms with Crippen molar-refractivity contribution in [3.05, 3.63) is 30.1 Å². The molecule has 0 saturated heterocycles. The van der Waals surface area contributed by atoms with Gasteiger partial charge in [-0.3, -0.25) is 0 Å². The summed E-state index contributed by atoms with van der Waals surface area (Å²) in [6.07, 6.45) is 5.69. The van der Waals surface area contributed by atoms with Gasteiger partial charge >= 0.3 is 0 Å². The first kappa shape index (κ1) is 12.7. The van der Waals surface area contributed by atoms with Gasteiger partial charge in [-0.1, -0.05) is 25.0 Å². The Balaban J connectivity index is 2.04. The van der Waals surface area contributed by atoms with Crippen molar-refractivity contribution in [1.29, 1.82) is 0 Å². The first-order chi connectivity index (χ1) is 9.09. The average Bonchev–Trinajstić information content (AvgIpc) is 2.92. The monoisotopic (exact) mass is 257 g/mol. The Kier molecular flexibility index (Phi) is 3.09. The third-order valence-electron chi connectivity index (χ3n) is 4.29. The average molecular weight is 257 g/mol. The SMILES string of the molecule is CC(C)n1c(CC2(N)CCCC2)nc2ccccc21. The van der Waals surface area contributed by atoms with Crippen molar-refractivity contribution in [3.63, 3.8) is 0 Å². The predicted octanol–water partition coefficient (Wildman–Crippen LogP) is 3.43. The molecule has 3 nitrogen and oxygen atoms in total. The van der Waals surface area contributed by atoms with Gasteiger partial charge in [-0.2, -0.15) is 0 Å². The van der Waals surface area contributed by atoms with Crippen LogP contribution in [0.1, 0.15) is 51.4 Å². The van der Waals surface area contributed by atoms with Crippen molar-refractivity contribution < 1.29 is 0 Å². The first-order valence-corrected chi connectivity index (χ1v) is 7.34. The Morgan fingerprint density at radius 1 is 1.26 bits per heavy atom. The van der Waals surface area contributed by atoms with Crippen LogP contribution < -0.4 is 5.73 Å². The Morgan fingerprint density at radius 3 is 2.63 bits per heavy atom. The van der Waals surface area contributed by atoms with Crippen LogP contribution >= 0.6 is 0 Å². The van der Waals surface area contributed by atoms with E-state index >= 15 is 0 Å². The third kappa shape index (κ3) is 2.27. The number of rotatable bonds is 3. The molecule has 1 aromatic heterocycles. The van der Waals surface area contributed by atoms with Gasteiger partial charge in [-0.15, -0.1) is 0 Å². The van der Waals surface area contributed by atoms with Gasteiger partial charge in [0.2, 0.25) is 0 Å². The van der Waals surface area contributed by atoms with Gasteiger partial charge in [0.15, 0.2) is 0 Å². The van der Waals surface area contributed by atoms with Gasteiger partial charge in [-0.05, 0) is 38.8 Å². The molecule has 19 heavy (non-hydrogen) atoms. The molecule has 1 fully saturated rings. The van der Waals surface area contributed by atoms with Gasteiger partial charge in [-0.25, -0.2) is 4.98 Å². The molecule has 2 aromatic rings. The normalized spacial score (nSPS) is 18.5. The van der Waals surface area contributed by atoms with E-state index in [2.05, 4.69) is 42.7 Å². The largest absolute Gasteiger partial charge is 0.325 e. The van der Waals surface area contributed by atoms with Crippen LogP contribution in [0.4, 0.5) is 0 Å². The number of hydrogen-bond donors (Lipinski definition) is 1. The lowest BCUT2D eigenvalue weighted by molar-refractivity contribution is 0.413. The Hall–Kier alpha value is -1.35. The Morgan fingerprint density at radius 2 is 1.95 bits per heavy atom. The van der Waals surface area contributed by atoms with Crippen molar-refractivity contribution in [2.75, 3.05) is 0 Å². The Bertz CT molecular complexity index is 577. The smallest absolute Gasteiger partial charge is 0.111 e. The summed E-state index contributed by atoms with van der Waals surface area (Å²) in [5.74, 6) is 1.15. The Labute approximate surface area is 114 Å². The van der Waals surface area contributed by atoms with E-state index in [1.807, 2.05) is 0 Å². The lowest BCUT2D eigenvalue weighted by atomic mass is 9.94. The molecule has 1 aromatic carbocycles. The number of benzene rings is 1. The summed E-state index contributed by atoms with van der Waals surface area (Å²) in [5.41, 5.74) is 8.82. The lowest BCUT2D eigenvalue weighted by Crippen LogP contribution is -2.39. The van der Waals surface area contributed by atoms with Crippen LogP contribution in [0, 0.1) is 0 Å². The summed E-state index contributed by atoms with van der Waals surface area (Å²) in [5, 5.41) is 0. The number of nitrogens with two attached hydrogens (primary N) is 1. The molecule has 0 radical (unpaired) electrons. The molecule has 0 spiro atoms. The minimum Gasteiger partial charge on any atom is -0.325 e. The maximum atomic E-state index is 6.53. The van der Waals surface area contributed by atoms with Crippen molar-refractivity contribution in [3.8, 4) is 0 Å². The zero-order valence-corrected chi connectivity index (χ0v) is 11.9. The number of fused-ring (bicyclic) bond motifs is 1. The number of nitrogens with zero attached hydrogens (tertiary/aromatic N) is 2. The molecule has 102 valence electrons. The molecular formula is C16H23N3. The van der Waals surface area contributed by atoms with Crippen LogP contribution in [-0.4, -0.2) is 15.1 Å². The highest BCUT2D eigenvalue weighted by Crippen LogP contribution is 2.32. The third-order valence-corrected chi connectivity index (χ3v) is 4.29. The molecule has 1 heterocycles. The van der Waals surface area contributed by atoms with E-state index in [1.165, 1.54) is 18.4 Å². The molecule has 0 atom stereocenters. The summed E-state index contributed by atoms with van der Waals surface area (Å²) in [4.78, 5) is 4.83. The summed E-state index contributed by atoms with van der Waals surface area (Å²) >= 11 is 0. The summed E-state index contributed by atoms with van der Waals surface area (Å²) in [6, 6.07) is 8.81. The van der Waals surface area contributed by atoms with E-state index in [0.717, 1.165) is 30.6 Å². The fourth-order valence-electron chi connectivity index (χ4n) is 3.37. The van der Waals surface area contributed by atoms with E-state index in [0.29, 0.717) is 6.04 Å². The number of para-hydroxylation sites is 2. The fraction of sp³-hybridized carbons (Fsp3) is 0.562. The van der Waals surface area contributed by atoms with Crippen LogP contribution in [0.3, 0.4) is 0 Å². The van der Waals surface area contributed by atoms with Gasteiger partial charge in [0.25, 0.3) is 0 Å². The van der Waals surface area contributed by atoms with Crippen LogP contribution in [0.15, 0.2) is 24.3 Å². The highest BCUT2D eigenvalue weighted by molar-refractivity contribution is 5.76. The zero-order valence-electron chi connectivity index (χ0n) is 11.9. The number of aromatic nitrogens is 2. The molecule has 0 amide bonds. The van der Waals surface area contributed by atoms with E-state index in [-0.39, 0.29) is 5.54 Å². The van der Waals surface area contributed by atoms with Crippen LogP contribution in [0.25, 0.3) is 11.0 Å². The molecule has 1 aliphatic carbocycles. The van der Waals surface area contributed by atoms with Crippen molar-refractivity contribution in [1.82, 2.24) is 9.55 Å². The van der Waals surface area contributed by atoms with Crippen molar-refractivity contribution >= 4 is 11.0 Å². The summed E-state index contributed by atoms with van der Waals surface area (Å²) in [7, 11) is 0. The predicted molar refractivity (Wildman–Crippen MR) is 79.2 cm³/mol. The van der Waals surface area contributed by atoms with Crippen LogP contribution in [0.5, 0.6) is 0 Å². The van der Waals surface area contributed by atoms with E-state index in [4.69, 9.17) is 10.7 Å². The molecule has 0 bridgehead atoms. The maximum Gasteiger partial charge on any atom is 0.111 e. The van der Waals surface area contributed by atoms with E-state index in [1.54, 1.807) is 0 Å². The summed E-state index contributed by atoms with van der Waals surface area (Å²) in [6.45, 7) is 4.44. The molecule has 0 aliphatic heterocycles. The zero-order chi connectivity index (χ0) is 13.5. The fourth-order valence-corrected chi connectivity index (χ4v) is 3.37. The number of imidazole rings is 1. The second-order valence-corrected chi connectivity index (χ2v) is 6.23. The highest BCUT2D eigenvalue weighted by Gasteiger charge is 2.31.